The summed E-state index contributed by atoms with van der Waals surface area (Å²) in [4.78, 5) is 27.3. The minimum atomic E-state index is -0.636. The maximum atomic E-state index is 13.1. The van der Waals surface area contributed by atoms with Gasteiger partial charge in [-0.3, -0.25) is 9.59 Å². The van der Waals surface area contributed by atoms with E-state index in [0.717, 1.165) is 18.4 Å². The van der Waals surface area contributed by atoms with E-state index in [1.165, 1.54) is 0 Å². The average molecular weight is 500 g/mol. The Morgan fingerprint density at radius 2 is 1.72 bits per heavy atom. The smallest absolute Gasteiger partial charge is 0.242 e. The van der Waals surface area contributed by atoms with Crippen LogP contribution >= 0.6 is 34.8 Å². The molecular weight excluding hydrogens is 471 g/mol. The fraction of sp³-hybridized carbons (Fsp3) is 0.417. The summed E-state index contributed by atoms with van der Waals surface area (Å²) >= 11 is 18.2. The van der Waals surface area contributed by atoms with Gasteiger partial charge in [-0.05, 0) is 61.7 Å². The summed E-state index contributed by atoms with van der Waals surface area (Å²) in [6.45, 7) is 4.96. The fourth-order valence-electron chi connectivity index (χ4n) is 3.04. The third kappa shape index (κ3) is 8.53. The van der Waals surface area contributed by atoms with Crippen molar-refractivity contribution < 1.29 is 14.3 Å². The molecule has 0 fully saturated rings. The Morgan fingerprint density at radius 3 is 2.38 bits per heavy atom. The Hall–Kier alpha value is -1.95. The molecule has 0 bridgehead atoms. The SMILES string of the molecule is CCCCNC(=O)C(C)N(Cc1ccc(Cl)cc1Cl)C(=O)CCCOc1ccc(Cl)cc1. The van der Waals surface area contributed by atoms with E-state index in [4.69, 9.17) is 39.5 Å². The third-order valence-corrected chi connectivity index (χ3v) is 5.81. The molecule has 0 aliphatic heterocycles. The van der Waals surface area contributed by atoms with Gasteiger partial charge in [0.15, 0.2) is 0 Å². The van der Waals surface area contributed by atoms with E-state index in [-0.39, 0.29) is 24.8 Å². The molecule has 5 nitrogen and oxygen atoms in total. The molecule has 174 valence electrons. The molecule has 0 aliphatic rings. The van der Waals surface area contributed by atoms with Crippen LogP contribution in [0.3, 0.4) is 0 Å². The molecule has 0 heterocycles. The van der Waals surface area contributed by atoms with Crippen LogP contribution in [0.15, 0.2) is 42.5 Å². The van der Waals surface area contributed by atoms with E-state index in [9.17, 15) is 9.59 Å². The number of carbonyl (C=O) groups excluding carboxylic acids is 2. The van der Waals surface area contributed by atoms with E-state index in [1.54, 1.807) is 54.3 Å². The number of halogens is 3. The van der Waals surface area contributed by atoms with Gasteiger partial charge in [0.05, 0.1) is 6.61 Å². The van der Waals surface area contributed by atoms with Gasteiger partial charge in [0.25, 0.3) is 0 Å². The van der Waals surface area contributed by atoms with Gasteiger partial charge in [-0.1, -0.05) is 54.2 Å². The number of hydrogen-bond acceptors (Lipinski definition) is 3. The monoisotopic (exact) mass is 498 g/mol. The first kappa shape index (κ1) is 26.3. The number of benzene rings is 2. The summed E-state index contributed by atoms with van der Waals surface area (Å²) in [7, 11) is 0. The van der Waals surface area contributed by atoms with Crippen molar-refractivity contribution in [1.82, 2.24) is 10.2 Å². The number of nitrogens with zero attached hydrogens (tertiary/aromatic N) is 1. The Bertz CT molecular complexity index is 891. The van der Waals surface area contributed by atoms with Crippen molar-refractivity contribution in [2.45, 2.75) is 52.1 Å². The first-order valence-corrected chi connectivity index (χ1v) is 11.8. The second-order valence-corrected chi connectivity index (χ2v) is 8.76. The molecule has 0 radical (unpaired) electrons. The van der Waals surface area contributed by atoms with Crippen LogP contribution in [0.4, 0.5) is 0 Å². The molecule has 1 atom stereocenters. The van der Waals surface area contributed by atoms with Gasteiger partial charge in [-0.25, -0.2) is 0 Å². The van der Waals surface area contributed by atoms with E-state index >= 15 is 0 Å². The van der Waals surface area contributed by atoms with Crippen LogP contribution in [0.25, 0.3) is 0 Å². The van der Waals surface area contributed by atoms with E-state index in [0.29, 0.717) is 40.4 Å². The van der Waals surface area contributed by atoms with Crippen LogP contribution in [0.5, 0.6) is 5.75 Å². The number of ether oxygens (including phenoxy) is 1. The lowest BCUT2D eigenvalue weighted by molar-refractivity contribution is -0.140. The lowest BCUT2D eigenvalue weighted by Gasteiger charge is -2.29. The van der Waals surface area contributed by atoms with Crippen molar-refractivity contribution in [3.8, 4) is 5.75 Å². The van der Waals surface area contributed by atoms with Crippen molar-refractivity contribution in [1.29, 1.82) is 0 Å². The summed E-state index contributed by atoms with van der Waals surface area (Å²) < 4.78 is 5.67. The summed E-state index contributed by atoms with van der Waals surface area (Å²) in [5.41, 5.74) is 0.732. The molecule has 2 amide bonds. The zero-order chi connectivity index (χ0) is 23.5. The minimum Gasteiger partial charge on any atom is -0.494 e. The van der Waals surface area contributed by atoms with Crippen molar-refractivity contribution in [3.63, 3.8) is 0 Å². The zero-order valence-corrected chi connectivity index (χ0v) is 20.6. The van der Waals surface area contributed by atoms with E-state index in [2.05, 4.69) is 12.2 Å². The average Bonchev–Trinajstić information content (AvgIpc) is 2.77. The largest absolute Gasteiger partial charge is 0.494 e. The Labute approximate surface area is 205 Å². The maximum absolute atomic E-state index is 13.1. The summed E-state index contributed by atoms with van der Waals surface area (Å²) in [6.07, 6.45) is 2.62. The van der Waals surface area contributed by atoms with E-state index < -0.39 is 6.04 Å². The predicted molar refractivity (Wildman–Crippen MR) is 131 cm³/mol. The summed E-state index contributed by atoms with van der Waals surface area (Å²) in [6, 6.07) is 11.5. The van der Waals surface area contributed by atoms with Gasteiger partial charge in [-0.15, -0.1) is 0 Å². The van der Waals surface area contributed by atoms with Gasteiger partial charge < -0.3 is 15.0 Å². The molecule has 32 heavy (non-hydrogen) atoms. The number of carbonyl (C=O) groups is 2. The quantitative estimate of drug-likeness (QED) is 0.357. The van der Waals surface area contributed by atoms with Crippen molar-refractivity contribution in [2.75, 3.05) is 13.2 Å². The summed E-state index contributed by atoms with van der Waals surface area (Å²) in [5.74, 6) is 0.360. The number of amides is 2. The van der Waals surface area contributed by atoms with Crippen LogP contribution in [0, 0.1) is 0 Å². The van der Waals surface area contributed by atoms with Crippen molar-refractivity contribution in [2.24, 2.45) is 0 Å². The fourth-order valence-corrected chi connectivity index (χ4v) is 3.63. The van der Waals surface area contributed by atoms with Gasteiger partial charge in [0.1, 0.15) is 11.8 Å². The van der Waals surface area contributed by atoms with Crippen molar-refractivity contribution >= 4 is 46.6 Å². The van der Waals surface area contributed by atoms with Crippen LogP contribution in [0.1, 0.15) is 45.1 Å². The van der Waals surface area contributed by atoms with Gasteiger partial charge in [-0.2, -0.15) is 0 Å². The standard InChI is InChI=1S/C24H29Cl3N2O3/c1-3-4-13-28-24(31)17(2)29(16-18-7-8-20(26)15-22(18)27)23(30)6-5-14-32-21-11-9-19(25)10-12-21/h7-12,15,17H,3-6,13-14,16H2,1-2H3,(H,28,31). The molecule has 2 aromatic rings. The lowest BCUT2D eigenvalue weighted by atomic mass is 10.1. The highest BCUT2D eigenvalue weighted by Crippen LogP contribution is 2.24. The van der Waals surface area contributed by atoms with Crippen LogP contribution in [-0.4, -0.2) is 35.9 Å². The predicted octanol–water partition coefficient (Wildman–Crippen LogP) is 6.14. The molecule has 0 aliphatic carbocycles. The van der Waals surface area contributed by atoms with Gasteiger partial charge in [0.2, 0.25) is 11.8 Å². The van der Waals surface area contributed by atoms with E-state index in [1.807, 2.05) is 0 Å². The van der Waals surface area contributed by atoms with Crippen LogP contribution < -0.4 is 10.1 Å². The van der Waals surface area contributed by atoms with Crippen LogP contribution in [-0.2, 0) is 16.1 Å². The Balaban J connectivity index is 2.01. The molecular formula is C24H29Cl3N2O3. The minimum absolute atomic E-state index is 0.145. The third-order valence-electron chi connectivity index (χ3n) is 4.97. The number of rotatable bonds is 12. The second kappa shape index (κ2) is 13.6. The Morgan fingerprint density at radius 1 is 1.03 bits per heavy atom. The molecule has 8 heteroatoms. The zero-order valence-electron chi connectivity index (χ0n) is 18.4. The van der Waals surface area contributed by atoms with Gasteiger partial charge >= 0.3 is 0 Å². The van der Waals surface area contributed by atoms with Crippen molar-refractivity contribution in [3.05, 3.63) is 63.1 Å². The first-order chi connectivity index (χ1) is 15.3. The molecule has 1 unspecified atom stereocenters. The highest BCUT2D eigenvalue weighted by atomic mass is 35.5. The molecule has 1 N–H and O–H groups in total. The summed E-state index contributed by atoms with van der Waals surface area (Å²) in [5, 5.41) is 4.51. The Kier molecular flexibility index (Phi) is 11.1. The number of hydrogen-bond donors (Lipinski definition) is 1. The molecule has 0 saturated carbocycles. The number of nitrogens with one attached hydrogen (secondary N) is 1. The lowest BCUT2D eigenvalue weighted by Crippen LogP contribution is -2.47. The first-order valence-electron chi connectivity index (χ1n) is 10.7. The number of unbranched alkanes of at least 4 members (excludes halogenated alkanes) is 1. The topological polar surface area (TPSA) is 58.6 Å². The molecule has 0 aromatic heterocycles. The molecule has 0 saturated heterocycles. The normalized spacial score (nSPS) is 11.7. The highest BCUT2D eigenvalue weighted by Gasteiger charge is 2.26. The van der Waals surface area contributed by atoms with Crippen LogP contribution in [0.2, 0.25) is 15.1 Å². The highest BCUT2D eigenvalue weighted by molar-refractivity contribution is 6.35. The van der Waals surface area contributed by atoms with Gasteiger partial charge in [0, 0.05) is 34.6 Å². The molecule has 2 rings (SSSR count). The molecule has 0 spiro atoms. The maximum Gasteiger partial charge on any atom is 0.242 e. The molecule has 2 aromatic carbocycles. The second-order valence-electron chi connectivity index (χ2n) is 7.48.